The standard InChI is InChI=1S/C17H15NO4S/c1-2-20-14-7-5-12(6-8-14)17(19)21-11-13-10-15(22-18-13)16-4-3-9-23-16/h3-10H,2,11H2,1H3. The molecule has 0 aliphatic rings. The zero-order valence-corrected chi connectivity index (χ0v) is 13.3. The Hall–Kier alpha value is -2.60. The average Bonchev–Trinajstić information content (AvgIpc) is 3.25. The second-order valence-corrected chi connectivity index (χ2v) is 5.64. The molecule has 2 aromatic heterocycles. The minimum absolute atomic E-state index is 0.0704. The van der Waals surface area contributed by atoms with Crippen LogP contribution in [0.5, 0.6) is 5.75 Å². The van der Waals surface area contributed by atoms with Gasteiger partial charge in [-0.1, -0.05) is 11.2 Å². The number of carbonyl (C=O) groups is 1. The van der Waals surface area contributed by atoms with E-state index in [2.05, 4.69) is 5.16 Å². The quantitative estimate of drug-likeness (QED) is 0.636. The maximum atomic E-state index is 12.0. The van der Waals surface area contributed by atoms with Gasteiger partial charge < -0.3 is 14.0 Å². The van der Waals surface area contributed by atoms with E-state index in [9.17, 15) is 4.79 Å². The predicted octanol–water partition coefficient (Wildman–Crippen LogP) is 4.16. The first-order valence-corrected chi connectivity index (χ1v) is 8.03. The Balaban J connectivity index is 1.58. The van der Waals surface area contributed by atoms with Gasteiger partial charge in [0.25, 0.3) is 0 Å². The van der Waals surface area contributed by atoms with Crippen LogP contribution >= 0.6 is 11.3 Å². The summed E-state index contributed by atoms with van der Waals surface area (Å²) in [6.07, 6.45) is 0. The lowest BCUT2D eigenvalue weighted by Crippen LogP contribution is -2.05. The molecule has 0 radical (unpaired) electrons. The summed E-state index contributed by atoms with van der Waals surface area (Å²) in [4.78, 5) is 13.0. The van der Waals surface area contributed by atoms with Gasteiger partial charge in [-0.05, 0) is 42.6 Å². The maximum absolute atomic E-state index is 12.0. The SMILES string of the molecule is CCOc1ccc(C(=O)OCc2cc(-c3cccs3)on2)cc1. The molecule has 6 heteroatoms. The molecule has 0 saturated heterocycles. The molecule has 118 valence electrons. The molecule has 0 unspecified atom stereocenters. The largest absolute Gasteiger partial charge is 0.494 e. The van der Waals surface area contributed by atoms with E-state index in [0.29, 0.717) is 23.6 Å². The number of hydrogen-bond acceptors (Lipinski definition) is 6. The summed E-state index contributed by atoms with van der Waals surface area (Å²) < 4.78 is 15.8. The highest BCUT2D eigenvalue weighted by molar-refractivity contribution is 7.13. The number of hydrogen-bond donors (Lipinski definition) is 0. The van der Waals surface area contributed by atoms with Crippen LogP contribution in [0.2, 0.25) is 0 Å². The Morgan fingerprint density at radius 1 is 1.26 bits per heavy atom. The van der Waals surface area contributed by atoms with Gasteiger partial charge in [0, 0.05) is 6.07 Å². The van der Waals surface area contributed by atoms with Crippen molar-refractivity contribution < 1.29 is 18.8 Å². The number of rotatable bonds is 6. The van der Waals surface area contributed by atoms with E-state index in [-0.39, 0.29) is 6.61 Å². The summed E-state index contributed by atoms with van der Waals surface area (Å²) in [5.74, 6) is 0.988. The molecule has 0 N–H and O–H groups in total. The molecule has 0 atom stereocenters. The van der Waals surface area contributed by atoms with Crippen molar-refractivity contribution in [3.8, 4) is 16.4 Å². The van der Waals surface area contributed by atoms with Crippen LogP contribution in [0, 0.1) is 0 Å². The van der Waals surface area contributed by atoms with Crippen LogP contribution < -0.4 is 4.74 Å². The van der Waals surface area contributed by atoms with Crippen LogP contribution in [0.4, 0.5) is 0 Å². The van der Waals surface area contributed by atoms with Crippen molar-refractivity contribution in [1.82, 2.24) is 5.16 Å². The van der Waals surface area contributed by atoms with Crippen LogP contribution in [0.1, 0.15) is 23.0 Å². The highest BCUT2D eigenvalue weighted by Gasteiger charge is 2.11. The molecule has 3 rings (SSSR count). The minimum atomic E-state index is -0.409. The van der Waals surface area contributed by atoms with Gasteiger partial charge in [0.15, 0.2) is 5.76 Å². The third-order valence-corrected chi connectivity index (χ3v) is 3.96. The number of aromatic nitrogens is 1. The molecule has 0 fully saturated rings. The van der Waals surface area contributed by atoms with E-state index in [1.165, 1.54) is 0 Å². The van der Waals surface area contributed by atoms with Crippen molar-refractivity contribution >= 4 is 17.3 Å². The van der Waals surface area contributed by atoms with Crippen molar-refractivity contribution in [2.45, 2.75) is 13.5 Å². The third-order valence-electron chi connectivity index (χ3n) is 3.08. The second kappa shape index (κ2) is 7.11. The minimum Gasteiger partial charge on any atom is -0.494 e. The summed E-state index contributed by atoms with van der Waals surface area (Å²) in [6, 6.07) is 12.5. The van der Waals surface area contributed by atoms with Gasteiger partial charge in [-0.3, -0.25) is 0 Å². The average molecular weight is 329 g/mol. The van der Waals surface area contributed by atoms with E-state index in [0.717, 1.165) is 10.6 Å². The Kier molecular flexibility index (Phi) is 4.73. The topological polar surface area (TPSA) is 61.6 Å². The fourth-order valence-corrected chi connectivity index (χ4v) is 2.66. The maximum Gasteiger partial charge on any atom is 0.338 e. The first-order chi connectivity index (χ1) is 11.3. The Morgan fingerprint density at radius 3 is 2.78 bits per heavy atom. The number of esters is 1. The number of ether oxygens (including phenoxy) is 2. The van der Waals surface area contributed by atoms with Gasteiger partial charge in [-0.25, -0.2) is 4.79 Å². The zero-order valence-electron chi connectivity index (χ0n) is 12.5. The van der Waals surface area contributed by atoms with Crippen LogP contribution in [0.25, 0.3) is 10.6 Å². The summed E-state index contributed by atoms with van der Waals surface area (Å²) in [6.45, 7) is 2.56. The Morgan fingerprint density at radius 2 is 2.09 bits per heavy atom. The number of nitrogens with zero attached hydrogens (tertiary/aromatic N) is 1. The van der Waals surface area contributed by atoms with Crippen LogP contribution in [0.3, 0.4) is 0 Å². The molecule has 2 heterocycles. The molecule has 23 heavy (non-hydrogen) atoms. The second-order valence-electron chi connectivity index (χ2n) is 4.69. The first kappa shape index (κ1) is 15.3. The summed E-state index contributed by atoms with van der Waals surface area (Å²) in [7, 11) is 0. The summed E-state index contributed by atoms with van der Waals surface area (Å²) in [5, 5.41) is 5.87. The Labute approximate surface area is 137 Å². The monoisotopic (exact) mass is 329 g/mol. The predicted molar refractivity (Wildman–Crippen MR) is 86.5 cm³/mol. The number of carbonyl (C=O) groups excluding carboxylic acids is 1. The first-order valence-electron chi connectivity index (χ1n) is 7.15. The van der Waals surface area contributed by atoms with Crippen LogP contribution in [0.15, 0.2) is 52.4 Å². The zero-order chi connectivity index (χ0) is 16.1. The molecular weight excluding hydrogens is 314 g/mol. The lowest BCUT2D eigenvalue weighted by Gasteiger charge is -2.05. The van der Waals surface area contributed by atoms with Crippen LogP contribution in [-0.2, 0) is 11.3 Å². The van der Waals surface area contributed by atoms with E-state index < -0.39 is 5.97 Å². The normalized spacial score (nSPS) is 10.5. The summed E-state index contributed by atoms with van der Waals surface area (Å²) >= 11 is 1.56. The van der Waals surface area contributed by atoms with Crippen molar-refractivity contribution in [3.05, 3.63) is 59.1 Å². The molecule has 0 saturated carbocycles. The highest BCUT2D eigenvalue weighted by atomic mass is 32.1. The molecule has 0 aliphatic carbocycles. The molecule has 0 bridgehead atoms. The Bertz CT molecular complexity index is 762. The molecule has 3 aromatic rings. The van der Waals surface area contributed by atoms with Gasteiger partial charge >= 0.3 is 5.97 Å². The van der Waals surface area contributed by atoms with Crippen molar-refractivity contribution in [2.24, 2.45) is 0 Å². The van der Waals surface area contributed by atoms with Crippen molar-refractivity contribution in [2.75, 3.05) is 6.61 Å². The van der Waals surface area contributed by atoms with E-state index in [1.807, 2.05) is 24.4 Å². The molecule has 0 spiro atoms. The number of thiophene rings is 1. The van der Waals surface area contributed by atoms with Gasteiger partial charge in [-0.15, -0.1) is 11.3 Å². The van der Waals surface area contributed by atoms with E-state index in [1.54, 1.807) is 41.7 Å². The van der Waals surface area contributed by atoms with E-state index in [4.69, 9.17) is 14.0 Å². The lowest BCUT2D eigenvalue weighted by molar-refractivity contribution is 0.0464. The van der Waals surface area contributed by atoms with Crippen LogP contribution in [-0.4, -0.2) is 17.7 Å². The smallest absolute Gasteiger partial charge is 0.338 e. The van der Waals surface area contributed by atoms with Gasteiger partial charge in [0.2, 0.25) is 0 Å². The van der Waals surface area contributed by atoms with E-state index >= 15 is 0 Å². The molecule has 5 nitrogen and oxygen atoms in total. The lowest BCUT2D eigenvalue weighted by atomic mass is 10.2. The molecule has 0 aliphatic heterocycles. The fourth-order valence-electron chi connectivity index (χ4n) is 1.99. The molecular formula is C17H15NO4S. The molecule has 0 amide bonds. The molecule has 1 aromatic carbocycles. The van der Waals surface area contributed by atoms with Gasteiger partial charge in [0.1, 0.15) is 18.1 Å². The van der Waals surface area contributed by atoms with Crippen molar-refractivity contribution in [1.29, 1.82) is 0 Å². The third kappa shape index (κ3) is 3.78. The van der Waals surface area contributed by atoms with Crippen molar-refractivity contribution in [3.63, 3.8) is 0 Å². The highest BCUT2D eigenvalue weighted by Crippen LogP contribution is 2.25. The van der Waals surface area contributed by atoms with Gasteiger partial charge in [-0.2, -0.15) is 0 Å². The summed E-state index contributed by atoms with van der Waals surface area (Å²) in [5.41, 5.74) is 1.04. The fraction of sp³-hybridized carbons (Fsp3) is 0.176. The van der Waals surface area contributed by atoms with Gasteiger partial charge in [0.05, 0.1) is 17.0 Å². The number of benzene rings is 1.